The zero-order chi connectivity index (χ0) is 7.98. The van der Waals surface area contributed by atoms with Crippen molar-refractivity contribution in [2.75, 3.05) is 13.2 Å². The van der Waals surface area contributed by atoms with E-state index in [1.807, 2.05) is 0 Å². The van der Waals surface area contributed by atoms with Crippen LogP contribution in [-0.4, -0.2) is 60.1 Å². The van der Waals surface area contributed by atoms with Gasteiger partial charge in [0.2, 0.25) is 0 Å². The molecule has 0 aromatic rings. The number of carboxylic acids is 1. The molecule has 1 N–H and O–H groups in total. The second-order valence-corrected chi connectivity index (χ2v) is 1.58. The first kappa shape index (κ1) is 13.9. The maximum absolute atomic E-state index is 10.2. The predicted molar refractivity (Wildman–Crippen MR) is 41.8 cm³/mol. The molecule has 0 spiro atoms. The topological polar surface area (TPSA) is 55.8 Å². The van der Waals surface area contributed by atoms with Crippen LogP contribution in [0.1, 0.15) is 13.8 Å². The van der Waals surface area contributed by atoms with E-state index in [1.165, 1.54) is 0 Å². The van der Waals surface area contributed by atoms with Crippen molar-refractivity contribution in [1.29, 1.82) is 0 Å². The summed E-state index contributed by atoms with van der Waals surface area (Å²) in [5.74, 6) is -1.08. The van der Waals surface area contributed by atoms with Crippen LogP contribution in [0.2, 0.25) is 0 Å². The minimum atomic E-state index is -1.10. The van der Waals surface area contributed by atoms with Crippen LogP contribution in [-0.2, 0) is 14.3 Å². The SMILES string of the molecule is CCOC(OCC)C(=O)O.[NaH]. The first-order valence-electron chi connectivity index (χ1n) is 3.18. The van der Waals surface area contributed by atoms with Crippen LogP contribution < -0.4 is 0 Å². The van der Waals surface area contributed by atoms with Crippen LogP contribution >= 0.6 is 0 Å². The zero-order valence-corrected chi connectivity index (χ0v) is 6.16. The molecule has 0 radical (unpaired) electrons. The summed E-state index contributed by atoms with van der Waals surface area (Å²) < 4.78 is 9.44. The van der Waals surface area contributed by atoms with Crippen molar-refractivity contribution in [3.8, 4) is 0 Å². The van der Waals surface area contributed by atoms with E-state index in [2.05, 4.69) is 0 Å². The molecule has 0 bridgehead atoms. The molecule has 0 unspecified atom stereocenters. The number of carbonyl (C=O) groups is 1. The van der Waals surface area contributed by atoms with Crippen molar-refractivity contribution >= 4 is 35.5 Å². The summed E-state index contributed by atoms with van der Waals surface area (Å²) in [6.45, 7) is 4.12. The van der Waals surface area contributed by atoms with Crippen molar-refractivity contribution in [3.05, 3.63) is 0 Å². The van der Waals surface area contributed by atoms with Crippen molar-refractivity contribution in [1.82, 2.24) is 0 Å². The molecule has 0 heterocycles. The zero-order valence-electron chi connectivity index (χ0n) is 6.16. The van der Waals surface area contributed by atoms with Gasteiger partial charge in [-0.15, -0.1) is 0 Å². The van der Waals surface area contributed by atoms with E-state index in [-0.39, 0.29) is 29.6 Å². The molecule has 0 aliphatic rings. The average molecular weight is 172 g/mol. The van der Waals surface area contributed by atoms with Crippen LogP contribution in [0.3, 0.4) is 0 Å². The summed E-state index contributed by atoms with van der Waals surface area (Å²) in [5, 5.41) is 8.39. The predicted octanol–water partition coefficient (Wildman–Crippen LogP) is -0.178. The van der Waals surface area contributed by atoms with E-state index in [0.29, 0.717) is 13.2 Å². The number of ether oxygens (including phenoxy) is 2. The molecule has 0 saturated heterocycles. The second-order valence-electron chi connectivity index (χ2n) is 1.58. The van der Waals surface area contributed by atoms with Gasteiger partial charge in [0.25, 0.3) is 6.29 Å². The summed E-state index contributed by atoms with van der Waals surface area (Å²) in [6, 6.07) is 0. The Morgan fingerprint density at radius 2 is 1.73 bits per heavy atom. The molecule has 0 aromatic heterocycles. The molecule has 0 atom stereocenters. The third kappa shape index (κ3) is 6.77. The third-order valence-electron chi connectivity index (χ3n) is 0.838. The first-order valence-corrected chi connectivity index (χ1v) is 3.18. The molecule has 5 heteroatoms. The summed E-state index contributed by atoms with van der Waals surface area (Å²) in [7, 11) is 0. The van der Waals surface area contributed by atoms with E-state index in [0.717, 1.165) is 0 Å². The molecule has 11 heavy (non-hydrogen) atoms. The maximum atomic E-state index is 10.2. The standard InChI is InChI=1S/C6H12O4.Na.H/c1-3-9-6(5(7)8)10-4-2;;/h6H,3-4H2,1-2H3,(H,7,8);;. The van der Waals surface area contributed by atoms with Crippen molar-refractivity contribution in [2.24, 2.45) is 0 Å². The number of aliphatic carboxylic acids is 1. The fraction of sp³-hybridized carbons (Fsp3) is 0.833. The molecule has 0 rings (SSSR count). The Bertz CT molecular complexity index is 101. The Hall–Kier alpha value is 0.390. The summed E-state index contributed by atoms with van der Waals surface area (Å²) in [4.78, 5) is 10.2. The molecule has 4 nitrogen and oxygen atoms in total. The summed E-state index contributed by atoms with van der Waals surface area (Å²) in [5.41, 5.74) is 0. The first-order chi connectivity index (χ1) is 4.72. The average Bonchev–Trinajstić information content (AvgIpc) is 1.87. The van der Waals surface area contributed by atoms with Gasteiger partial charge in [0, 0.05) is 13.2 Å². The van der Waals surface area contributed by atoms with E-state index in [9.17, 15) is 4.79 Å². The molecular formula is C6H13NaO4. The quantitative estimate of drug-likeness (QED) is 0.461. The van der Waals surface area contributed by atoms with Crippen LogP contribution in [0.15, 0.2) is 0 Å². The van der Waals surface area contributed by atoms with Gasteiger partial charge in [-0.25, -0.2) is 4.79 Å². The Kier molecular flexibility index (Phi) is 10.8. The van der Waals surface area contributed by atoms with Gasteiger partial charge in [0.15, 0.2) is 0 Å². The Morgan fingerprint density at radius 3 is 1.91 bits per heavy atom. The van der Waals surface area contributed by atoms with Gasteiger partial charge < -0.3 is 14.6 Å². The van der Waals surface area contributed by atoms with Crippen molar-refractivity contribution < 1.29 is 19.4 Å². The number of hydrogen-bond donors (Lipinski definition) is 1. The molecule has 62 valence electrons. The summed E-state index contributed by atoms with van der Waals surface area (Å²) in [6.07, 6.45) is -1.10. The molecule has 0 aliphatic carbocycles. The van der Waals surface area contributed by atoms with Gasteiger partial charge in [-0.2, -0.15) is 0 Å². The van der Waals surface area contributed by atoms with Gasteiger partial charge >= 0.3 is 35.5 Å². The molecule has 0 aliphatic heterocycles. The molecule has 0 fully saturated rings. The Balaban J connectivity index is 0. The fourth-order valence-electron chi connectivity index (χ4n) is 0.493. The van der Waals surface area contributed by atoms with Gasteiger partial charge in [-0.1, -0.05) is 0 Å². The monoisotopic (exact) mass is 172 g/mol. The fourth-order valence-corrected chi connectivity index (χ4v) is 0.493. The summed E-state index contributed by atoms with van der Waals surface area (Å²) >= 11 is 0. The van der Waals surface area contributed by atoms with Crippen molar-refractivity contribution in [3.63, 3.8) is 0 Å². The van der Waals surface area contributed by atoms with Gasteiger partial charge in [0.1, 0.15) is 0 Å². The second kappa shape index (κ2) is 8.49. The third-order valence-corrected chi connectivity index (χ3v) is 0.838. The normalized spacial score (nSPS) is 9.36. The van der Waals surface area contributed by atoms with E-state index < -0.39 is 12.3 Å². The van der Waals surface area contributed by atoms with Crippen LogP contribution in [0.4, 0.5) is 0 Å². The van der Waals surface area contributed by atoms with Crippen LogP contribution in [0.25, 0.3) is 0 Å². The number of hydrogen-bond acceptors (Lipinski definition) is 3. The minimum absolute atomic E-state index is 0. The van der Waals surface area contributed by atoms with Crippen molar-refractivity contribution in [2.45, 2.75) is 20.1 Å². The van der Waals surface area contributed by atoms with Gasteiger partial charge in [-0.05, 0) is 13.8 Å². The van der Waals surface area contributed by atoms with Crippen LogP contribution in [0.5, 0.6) is 0 Å². The molecule has 0 amide bonds. The Labute approximate surface area is 88.2 Å². The molecular weight excluding hydrogens is 159 g/mol. The Morgan fingerprint density at radius 1 is 1.36 bits per heavy atom. The van der Waals surface area contributed by atoms with Gasteiger partial charge in [0.05, 0.1) is 0 Å². The number of rotatable bonds is 5. The molecule has 0 aromatic carbocycles. The van der Waals surface area contributed by atoms with E-state index >= 15 is 0 Å². The number of carboxylic acid groups (broad SMARTS) is 1. The van der Waals surface area contributed by atoms with E-state index in [4.69, 9.17) is 14.6 Å². The molecule has 0 saturated carbocycles. The van der Waals surface area contributed by atoms with Crippen LogP contribution in [0, 0.1) is 0 Å². The van der Waals surface area contributed by atoms with E-state index in [1.54, 1.807) is 13.8 Å². The van der Waals surface area contributed by atoms with Gasteiger partial charge in [-0.3, -0.25) is 0 Å².